The summed E-state index contributed by atoms with van der Waals surface area (Å²) in [5.41, 5.74) is 3.87. The van der Waals surface area contributed by atoms with Gasteiger partial charge in [-0.05, 0) is 0 Å². The van der Waals surface area contributed by atoms with Gasteiger partial charge in [-0.15, -0.1) is 0 Å². The topological polar surface area (TPSA) is 18.5 Å². The van der Waals surface area contributed by atoms with Gasteiger partial charge in [0.2, 0.25) is 0 Å². The van der Waals surface area contributed by atoms with Gasteiger partial charge >= 0.3 is 181 Å². The van der Waals surface area contributed by atoms with Crippen molar-refractivity contribution >= 4 is 119 Å². The molecule has 3 aromatic carbocycles. The minimum absolute atomic E-state index is 0.161. The molecule has 0 N–H and O–H groups in total. The van der Waals surface area contributed by atoms with E-state index in [9.17, 15) is 0 Å². The monoisotopic (exact) mass is 410 g/mol. The number of hydrogen-bond acceptors (Lipinski definition) is 2. The third-order valence-electron chi connectivity index (χ3n) is 4.97. The Balaban J connectivity index is 2.34. The van der Waals surface area contributed by atoms with E-state index in [1.807, 2.05) is 18.2 Å². The van der Waals surface area contributed by atoms with E-state index in [1.54, 1.807) is 7.11 Å². The van der Waals surface area contributed by atoms with Crippen LogP contribution in [0.15, 0.2) is 22.7 Å². The van der Waals surface area contributed by atoms with Crippen LogP contribution in [0.4, 0.5) is 0 Å². The second kappa shape index (κ2) is 6.98. The van der Waals surface area contributed by atoms with E-state index in [0.29, 0.717) is 27.7 Å². The van der Waals surface area contributed by atoms with Gasteiger partial charge in [-0.2, -0.15) is 0 Å². The molecule has 0 spiro atoms. The molecule has 3 aromatic rings. The molecule has 10 heteroatoms. The van der Waals surface area contributed by atoms with Crippen LogP contribution in [0.2, 0.25) is 0 Å². The van der Waals surface area contributed by atoms with Crippen molar-refractivity contribution in [2.45, 2.75) is 0 Å². The van der Waals surface area contributed by atoms with Gasteiger partial charge < -0.3 is 0 Å². The van der Waals surface area contributed by atoms with Crippen molar-refractivity contribution < 1.29 is 9.39 Å². The fourth-order valence-electron chi connectivity index (χ4n) is 3.55. The van der Waals surface area contributed by atoms with Crippen molar-refractivity contribution in [2.75, 3.05) is 7.11 Å². The zero-order valence-electron chi connectivity index (χ0n) is 15.0. The molecule has 0 unspecified atom stereocenters. The minimum atomic E-state index is 0.161. The van der Waals surface area contributed by atoms with E-state index < -0.39 is 0 Å². The van der Waals surface area contributed by atoms with Crippen molar-refractivity contribution in [3.05, 3.63) is 28.2 Å². The van der Waals surface area contributed by atoms with Crippen LogP contribution >= 0.6 is 15.9 Å². The number of benzene rings is 3. The molecule has 0 amide bonds. The molecule has 0 aromatic heterocycles. The fraction of sp³-hybridized carbons (Fsp3) is 0.0556. The summed E-state index contributed by atoms with van der Waals surface area (Å²) >= 11 is 3.61. The summed E-state index contributed by atoms with van der Waals surface area (Å²) in [4.78, 5) is 0. The number of fused-ring (bicyclic) bond motifs is 5. The molecule has 4 rings (SSSR count). The number of rotatable bonds is 1. The first-order valence-electron chi connectivity index (χ1n) is 8.26. The van der Waals surface area contributed by atoms with Crippen molar-refractivity contribution in [3.8, 4) is 16.9 Å². The van der Waals surface area contributed by atoms with E-state index in [1.165, 1.54) is 7.12 Å². The van der Waals surface area contributed by atoms with Gasteiger partial charge in [0, 0.05) is 0 Å². The zero-order chi connectivity index (χ0) is 20.3. The average Bonchev–Trinajstić information content (AvgIpc) is 2.85. The molecule has 0 fully saturated rings. The Hall–Kier alpha value is -1.68. The molecule has 0 aliphatic carbocycles. The van der Waals surface area contributed by atoms with E-state index in [0.717, 1.165) is 15.6 Å². The number of halogens is 1. The van der Waals surface area contributed by atoms with Gasteiger partial charge in [0.1, 0.15) is 0 Å². The summed E-state index contributed by atoms with van der Waals surface area (Å²) in [5.74, 6) is 0.334. The van der Waals surface area contributed by atoms with Gasteiger partial charge in [0.05, 0.1) is 0 Å². The molecule has 0 saturated heterocycles. The summed E-state index contributed by atoms with van der Waals surface area (Å²) in [6.45, 7) is 0. The summed E-state index contributed by atoms with van der Waals surface area (Å²) in [5, 5.41) is 0.955. The third kappa shape index (κ3) is 2.60. The van der Waals surface area contributed by atoms with E-state index in [-0.39, 0.29) is 32.8 Å². The van der Waals surface area contributed by atoms with Gasteiger partial charge in [0.25, 0.3) is 0 Å². The molecule has 0 saturated carbocycles. The average molecular weight is 410 g/mol. The molecular weight excluding hydrogens is 404 g/mol. The van der Waals surface area contributed by atoms with Crippen molar-refractivity contribution in [3.63, 3.8) is 0 Å². The van der Waals surface area contributed by atoms with Crippen LogP contribution in [-0.2, 0) is 4.74 Å². The van der Waals surface area contributed by atoms with Crippen molar-refractivity contribution in [1.82, 2.24) is 0 Å². The molecule has 2 nitrogen and oxygen atoms in total. The molecule has 1 heterocycles. The summed E-state index contributed by atoms with van der Waals surface area (Å²) in [7, 11) is 40.5. The van der Waals surface area contributed by atoms with Crippen LogP contribution in [-0.4, -0.2) is 67.0 Å². The Labute approximate surface area is 180 Å². The molecule has 28 heavy (non-hydrogen) atoms. The molecule has 0 atom stereocenters. The summed E-state index contributed by atoms with van der Waals surface area (Å²) in [6, 6.07) is 5.67. The van der Waals surface area contributed by atoms with Gasteiger partial charge in [-0.25, -0.2) is 0 Å². The van der Waals surface area contributed by atoms with Crippen LogP contribution in [0.25, 0.3) is 21.9 Å². The quantitative estimate of drug-likeness (QED) is 0.403. The Morgan fingerprint density at radius 3 is 2.07 bits per heavy atom. The fourth-order valence-corrected chi connectivity index (χ4v) is 4.12. The van der Waals surface area contributed by atoms with E-state index >= 15 is 0 Å². The summed E-state index contributed by atoms with van der Waals surface area (Å²) in [6.07, 6.45) is 0. The van der Waals surface area contributed by atoms with Gasteiger partial charge in [-0.1, -0.05) is 0 Å². The predicted octanol–water partition coefficient (Wildman–Crippen LogP) is -2.83. The standard InChI is InChI=1S/C18H6B7BrO2/c1-27-18-5-3-2-4-6(26)7(5)9-8-10(12(20)15(23)14(22)11(8)19)13(21)16(24)17(9)28-25-18/h2-4H,1H3. The second-order valence-electron chi connectivity index (χ2n) is 6.40. The van der Waals surface area contributed by atoms with Crippen LogP contribution in [0, 0.1) is 0 Å². The van der Waals surface area contributed by atoms with Crippen molar-refractivity contribution in [2.24, 2.45) is 0 Å². The Bertz CT molecular complexity index is 1210. The second-order valence-corrected chi connectivity index (χ2v) is 7.26. The zero-order valence-corrected chi connectivity index (χ0v) is 16.6. The van der Waals surface area contributed by atoms with Gasteiger partial charge in [0.15, 0.2) is 0 Å². The van der Waals surface area contributed by atoms with Crippen molar-refractivity contribution in [1.29, 1.82) is 0 Å². The van der Waals surface area contributed by atoms with Gasteiger partial charge in [-0.3, -0.25) is 0 Å². The van der Waals surface area contributed by atoms with E-state index in [4.69, 9.17) is 56.5 Å². The number of hydrogen-bond donors (Lipinski definition) is 0. The molecule has 12 radical (unpaired) electrons. The first kappa shape index (κ1) is 19.6. The normalized spacial score (nSPS) is 12.3. The SMILES string of the molecule is [B]c1c([B])c([B])c2c3c(c([B])c([B])c2c1[B])OB=C(OC)c1cccc(Br)c1-3. The first-order chi connectivity index (χ1) is 13.3. The number of ether oxygens (including phenoxy) is 1. The molecule has 118 valence electrons. The molecule has 1 aliphatic rings. The van der Waals surface area contributed by atoms with Crippen LogP contribution in [0.5, 0.6) is 5.75 Å². The maximum absolute atomic E-state index is 6.38. The Kier molecular flexibility index (Phi) is 4.90. The van der Waals surface area contributed by atoms with Crippen LogP contribution < -0.4 is 37.4 Å². The Morgan fingerprint density at radius 1 is 0.821 bits per heavy atom. The summed E-state index contributed by atoms with van der Waals surface area (Å²) < 4.78 is 12.2. The maximum atomic E-state index is 6.38. The third-order valence-corrected chi connectivity index (χ3v) is 5.63. The molecular formula is C18H6B7BrO2. The van der Waals surface area contributed by atoms with Crippen LogP contribution in [0.1, 0.15) is 5.56 Å². The first-order valence-corrected chi connectivity index (χ1v) is 9.05. The number of methoxy groups -OCH3 is 1. The van der Waals surface area contributed by atoms with Crippen LogP contribution in [0.3, 0.4) is 0 Å². The molecule has 0 bridgehead atoms. The molecule has 1 aliphatic heterocycles. The Morgan fingerprint density at radius 2 is 1.43 bits per heavy atom. The van der Waals surface area contributed by atoms with E-state index in [2.05, 4.69) is 15.9 Å². The predicted molar refractivity (Wildman–Crippen MR) is 127 cm³/mol.